The Bertz CT molecular complexity index is 1970. The highest BCUT2D eigenvalue weighted by molar-refractivity contribution is 6.39. The second-order valence-corrected chi connectivity index (χ2v) is 12.0. The van der Waals surface area contributed by atoms with Gasteiger partial charge in [-0.2, -0.15) is 4.98 Å². The molecule has 11 nitrogen and oxygen atoms in total. The highest BCUT2D eigenvalue weighted by Crippen LogP contribution is 2.48. The monoisotopic (exact) mass is 631 g/mol. The Morgan fingerprint density at radius 1 is 1.18 bits per heavy atom. The average Bonchev–Trinajstić information content (AvgIpc) is 3.08. The number of piperazine rings is 1. The molecule has 1 saturated heterocycles. The molecule has 2 aliphatic heterocycles. The molecule has 5 heterocycles. The maximum absolute atomic E-state index is 15.4. The first-order chi connectivity index (χ1) is 21.4. The number of amides is 2. The Morgan fingerprint density at radius 3 is 2.58 bits per heavy atom. The minimum absolute atomic E-state index is 0.00380. The molecule has 2 atom stereocenters. The molecular weight excluding hydrogens is 601 g/mol. The number of aromatic hydroxyl groups is 1. The van der Waals surface area contributed by atoms with Crippen molar-refractivity contribution in [2.75, 3.05) is 29.9 Å². The second kappa shape index (κ2) is 11.0. The molecule has 13 heteroatoms. The fourth-order valence-electron chi connectivity index (χ4n) is 6.38. The van der Waals surface area contributed by atoms with Crippen LogP contribution in [0.2, 0.25) is 5.02 Å². The van der Waals surface area contributed by atoms with Gasteiger partial charge in [-0.05, 0) is 49.6 Å². The lowest BCUT2D eigenvalue weighted by molar-refractivity contribution is -0.129. The summed E-state index contributed by atoms with van der Waals surface area (Å²) < 4.78 is 16.7. The van der Waals surface area contributed by atoms with Gasteiger partial charge >= 0.3 is 5.69 Å². The highest BCUT2D eigenvalue weighted by Gasteiger charge is 2.45. The van der Waals surface area contributed by atoms with Crippen LogP contribution in [0.4, 0.5) is 15.9 Å². The molecule has 4 aromatic rings. The molecule has 2 amide bonds. The predicted molar refractivity (Wildman–Crippen MR) is 170 cm³/mol. The van der Waals surface area contributed by atoms with E-state index in [1.54, 1.807) is 17.2 Å². The number of rotatable bonds is 4. The number of likely N-dealkylation sites (N-methyl/N-ethyl adjacent to an activating group) is 1. The number of aryl methyl sites for hydroxylation is 1. The summed E-state index contributed by atoms with van der Waals surface area (Å²) in [5, 5.41) is 11.0. The molecule has 1 fully saturated rings. The first kappa shape index (κ1) is 30.2. The number of fused-ring (bicyclic) bond motifs is 2. The van der Waals surface area contributed by atoms with Crippen LogP contribution in [-0.4, -0.2) is 73.6 Å². The fraction of sp³-hybridized carbons (Fsp3) is 0.312. The number of carbonyl (C=O) groups is 2. The van der Waals surface area contributed by atoms with Gasteiger partial charge in [0, 0.05) is 25.8 Å². The summed E-state index contributed by atoms with van der Waals surface area (Å²) in [7, 11) is 1.52. The van der Waals surface area contributed by atoms with E-state index in [0.29, 0.717) is 16.9 Å². The van der Waals surface area contributed by atoms with Gasteiger partial charge in [-0.15, -0.1) is 0 Å². The molecule has 0 saturated carbocycles. The minimum Gasteiger partial charge on any atom is -0.507 e. The van der Waals surface area contributed by atoms with E-state index in [2.05, 4.69) is 16.5 Å². The summed E-state index contributed by atoms with van der Waals surface area (Å²) in [6.45, 7) is 11.4. The lowest BCUT2D eigenvalue weighted by atomic mass is 10.0. The van der Waals surface area contributed by atoms with Crippen molar-refractivity contribution in [3.05, 3.63) is 75.7 Å². The van der Waals surface area contributed by atoms with Crippen LogP contribution in [0.5, 0.6) is 5.75 Å². The molecule has 0 aliphatic carbocycles. The van der Waals surface area contributed by atoms with Crippen LogP contribution in [0, 0.1) is 12.7 Å². The summed E-state index contributed by atoms with van der Waals surface area (Å²) in [6, 6.07) is 4.17. The van der Waals surface area contributed by atoms with Crippen molar-refractivity contribution in [2.24, 2.45) is 0 Å². The number of hydrogen-bond acceptors (Lipinski definition) is 8. The Morgan fingerprint density at radius 2 is 1.91 bits per heavy atom. The quantitative estimate of drug-likeness (QED) is 0.330. The predicted octanol–water partition coefficient (Wildman–Crippen LogP) is 4.34. The molecule has 45 heavy (non-hydrogen) atoms. The van der Waals surface area contributed by atoms with Gasteiger partial charge in [0.05, 0.1) is 39.6 Å². The average molecular weight is 632 g/mol. The van der Waals surface area contributed by atoms with Gasteiger partial charge in [-0.3, -0.25) is 14.6 Å². The zero-order valence-electron chi connectivity index (χ0n) is 25.4. The van der Waals surface area contributed by atoms with Gasteiger partial charge in [-0.1, -0.05) is 38.1 Å². The van der Waals surface area contributed by atoms with Crippen molar-refractivity contribution < 1.29 is 19.1 Å². The third-order valence-corrected chi connectivity index (χ3v) is 8.80. The Balaban J connectivity index is 1.80. The zero-order chi connectivity index (χ0) is 32.5. The van der Waals surface area contributed by atoms with E-state index in [9.17, 15) is 19.5 Å². The van der Waals surface area contributed by atoms with Crippen LogP contribution in [0.3, 0.4) is 0 Å². The van der Waals surface area contributed by atoms with E-state index < -0.39 is 35.2 Å². The minimum atomic E-state index is -0.936. The molecule has 0 radical (unpaired) electrons. The lowest BCUT2D eigenvalue weighted by Gasteiger charge is -2.45. The zero-order valence-corrected chi connectivity index (χ0v) is 26.1. The SMILES string of the molecule is C=CC(=O)N1CC(C)N2c3nc(=O)n(-c4c(C)ccnc4C(C)C)c4nc(-c5c(O)cccc5F)c(Cl)c(c34)N(C)C(=O)C2C1. The van der Waals surface area contributed by atoms with Gasteiger partial charge < -0.3 is 19.8 Å². The third kappa shape index (κ3) is 4.54. The van der Waals surface area contributed by atoms with E-state index in [0.717, 1.165) is 6.07 Å². The van der Waals surface area contributed by atoms with Gasteiger partial charge in [0.2, 0.25) is 5.91 Å². The molecule has 1 aromatic carbocycles. The fourth-order valence-corrected chi connectivity index (χ4v) is 6.73. The second-order valence-electron chi connectivity index (χ2n) is 11.6. The summed E-state index contributed by atoms with van der Waals surface area (Å²) in [5.74, 6) is -1.94. The summed E-state index contributed by atoms with van der Waals surface area (Å²) in [4.78, 5) is 59.7. The summed E-state index contributed by atoms with van der Waals surface area (Å²) in [5.41, 5.74) is 0.796. The van der Waals surface area contributed by atoms with Crippen molar-refractivity contribution in [1.29, 1.82) is 0 Å². The number of phenolic OH excluding ortho intramolecular Hbond substituents is 1. The molecule has 0 spiro atoms. The van der Waals surface area contributed by atoms with Crippen molar-refractivity contribution in [1.82, 2.24) is 24.4 Å². The van der Waals surface area contributed by atoms with Crippen molar-refractivity contribution in [3.63, 3.8) is 0 Å². The highest BCUT2D eigenvalue weighted by atomic mass is 35.5. The molecule has 2 unspecified atom stereocenters. The van der Waals surface area contributed by atoms with Crippen LogP contribution in [0.25, 0.3) is 28.0 Å². The number of aromatic nitrogens is 4. The number of carbonyl (C=O) groups excluding carboxylic acids is 2. The van der Waals surface area contributed by atoms with Crippen molar-refractivity contribution >= 4 is 46.0 Å². The molecule has 2 aliphatic rings. The van der Waals surface area contributed by atoms with E-state index >= 15 is 4.39 Å². The molecule has 3 aromatic heterocycles. The maximum atomic E-state index is 15.4. The van der Waals surface area contributed by atoms with Gasteiger partial charge in [0.25, 0.3) is 5.91 Å². The summed E-state index contributed by atoms with van der Waals surface area (Å²) in [6.07, 6.45) is 2.84. The van der Waals surface area contributed by atoms with Crippen LogP contribution < -0.4 is 15.5 Å². The topological polar surface area (TPSA) is 125 Å². The first-order valence-electron chi connectivity index (χ1n) is 14.4. The third-order valence-electron chi connectivity index (χ3n) is 8.45. The van der Waals surface area contributed by atoms with Crippen LogP contribution >= 0.6 is 11.6 Å². The van der Waals surface area contributed by atoms with Crippen molar-refractivity contribution in [3.8, 4) is 22.7 Å². The van der Waals surface area contributed by atoms with Crippen molar-refractivity contribution in [2.45, 2.75) is 45.7 Å². The number of hydrogen-bond donors (Lipinski definition) is 1. The van der Waals surface area contributed by atoms with Crippen LogP contribution in [0.15, 0.2) is 47.9 Å². The summed E-state index contributed by atoms with van der Waals surface area (Å²) >= 11 is 7.03. The largest absolute Gasteiger partial charge is 0.507 e. The molecular formula is C32H31ClFN7O4. The molecule has 6 rings (SSSR count). The molecule has 1 N–H and O–H groups in total. The number of pyridine rings is 2. The number of anilines is 2. The van der Waals surface area contributed by atoms with E-state index in [4.69, 9.17) is 16.6 Å². The van der Waals surface area contributed by atoms with Gasteiger partial charge in [0.15, 0.2) is 5.65 Å². The van der Waals surface area contributed by atoms with Crippen LogP contribution in [-0.2, 0) is 9.59 Å². The van der Waals surface area contributed by atoms with Crippen LogP contribution in [0.1, 0.15) is 37.9 Å². The first-order valence-corrected chi connectivity index (χ1v) is 14.8. The van der Waals surface area contributed by atoms with E-state index in [1.807, 2.05) is 27.7 Å². The number of halogens is 2. The van der Waals surface area contributed by atoms with E-state index in [-0.39, 0.29) is 63.7 Å². The number of benzene rings is 1. The Hall–Kier alpha value is -4.84. The van der Waals surface area contributed by atoms with E-state index in [1.165, 1.54) is 39.6 Å². The normalized spacial score (nSPS) is 18.0. The number of phenols is 1. The smallest absolute Gasteiger partial charge is 0.355 e. The Kier molecular flexibility index (Phi) is 7.35. The molecule has 232 valence electrons. The number of nitrogens with zero attached hydrogens (tertiary/aromatic N) is 7. The Labute approximate surface area is 263 Å². The molecule has 0 bridgehead atoms. The maximum Gasteiger partial charge on any atom is 0.355 e. The standard InChI is InChI=1S/C32H31ClFN7O4/c1-7-21(43)39-13-17(5)40-19(14-39)31(44)38(6)28-23-29(36-26(24(28)33)22-18(34)9-8-10-20(22)42)41(32(45)37-30(23)40)27-16(4)11-12-35-25(27)15(2)3/h7-12,15,17,19,42H,1,13-14H2,2-6H3. The van der Waals surface area contributed by atoms with Gasteiger partial charge in [0.1, 0.15) is 29.1 Å². The van der Waals surface area contributed by atoms with Gasteiger partial charge in [-0.25, -0.2) is 18.7 Å². The lowest BCUT2D eigenvalue weighted by Crippen LogP contribution is -2.63.